The molecule has 0 unspecified atom stereocenters. The van der Waals surface area contributed by atoms with E-state index in [-0.39, 0.29) is 5.97 Å². The summed E-state index contributed by atoms with van der Waals surface area (Å²) < 4.78 is 4.58. The van der Waals surface area contributed by atoms with Gasteiger partial charge in [-0.2, -0.15) is 0 Å². The third kappa shape index (κ3) is 2.01. The van der Waals surface area contributed by atoms with Crippen molar-refractivity contribution in [3.8, 4) is 0 Å². The van der Waals surface area contributed by atoms with Gasteiger partial charge in [0.2, 0.25) is 0 Å². The first-order valence-electron chi connectivity index (χ1n) is 4.15. The molecule has 4 heteroatoms. The fraction of sp³-hybridized carbons (Fsp3) is 0.400. The Kier molecular flexibility index (Phi) is 3.06. The molecule has 14 heavy (non-hydrogen) atoms. The Morgan fingerprint density at radius 3 is 2.71 bits per heavy atom. The Balaban J connectivity index is 2.99. The van der Waals surface area contributed by atoms with E-state index in [9.17, 15) is 9.59 Å². The molecule has 3 nitrogen and oxygen atoms in total. The van der Waals surface area contributed by atoms with Gasteiger partial charge in [0.15, 0.2) is 0 Å². The highest BCUT2D eigenvalue weighted by molar-refractivity contribution is 7.10. The first-order valence-corrected chi connectivity index (χ1v) is 5.03. The highest BCUT2D eigenvalue weighted by Gasteiger charge is 2.22. The Morgan fingerprint density at radius 2 is 2.21 bits per heavy atom. The lowest BCUT2D eigenvalue weighted by molar-refractivity contribution is -0.111. The number of aldehydes is 1. The molecule has 1 aromatic heterocycles. The summed E-state index contributed by atoms with van der Waals surface area (Å²) in [5.74, 6) is -0.366. The molecule has 1 aromatic rings. The number of carbonyl (C=O) groups excluding carboxylic acids is 2. The van der Waals surface area contributed by atoms with Crippen LogP contribution in [0.4, 0.5) is 0 Å². The molecule has 0 saturated carbocycles. The second-order valence-electron chi connectivity index (χ2n) is 3.53. The van der Waals surface area contributed by atoms with Crippen LogP contribution < -0.4 is 0 Å². The summed E-state index contributed by atoms with van der Waals surface area (Å²) >= 11 is 1.39. The van der Waals surface area contributed by atoms with Crippen LogP contribution >= 0.6 is 11.3 Å². The number of esters is 1. The second kappa shape index (κ2) is 3.92. The molecule has 0 aromatic carbocycles. The van der Waals surface area contributed by atoms with Gasteiger partial charge >= 0.3 is 5.97 Å². The molecule has 0 bridgehead atoms. The summed E-state index contributed by atoms with van der Waals surface area (Å²) in [6, 6.07) is 1.70. The largest absolute Gasteiger partial charge is 0.465 e. The van der Waals surface area contributed by atoms with Gasteiger partial charge in [-0.05, 0) is 19.9 Å². The van der Waals surface area contributed by atoms with Crippen molar-refractivity contribution in [3.05, 3.63) is 21.9 Å². The normalized spacial score (nSPS) is 11.1. The lowest BCUT2D eigenvalue weighted by atomic mass is 9.93. The Hall–Kier alpha value is -1.16. The summed E-state index contributed by atoms with van der Waals surface area (Å²) in [6.07, 6.45) is 0.875. The summed E-state index contributed by atoms with van der Waals surface area (Å²) in [4.78, 5) is 22.8. The SMILES string of the molecule is COC(=O)c1csc(C(C)(C)C=O)c1. The number of rotatable bonds is 3. The molecule has 1 rings (SSSR count). The Bertz CT molecular complexity index is 352. The van der Waals surface area contributed by atoms with Crippen molar-refractivity contribution in [1.29, 1.82) is 0 Å². The molecule has 0 aliphatic rings. The van der Waals surface area contributed by atoms with Gasteiger partial charge in [0, 0.05) is 10.3 Å². The standard InChI is InChI=1S/C10H12O3S/c1-10(2,6-11)8-4-7(5-14-8)9(12)13-3/h4-6H,1-3H3. The predicted octanol–water partition coefficient (Wildman–Crippen LogP) is 2.01. The quantitative estimate of drug-likeness (QED) is 0.568. The van der Waals surface area contributed by atoms with Crippen molar-refractivity contribution in [1.82, 2.24) is 0 Å². The highest BCUT2D eigenvalue weighted by atomic mass is 32.1. The zero-order valence-electron chi connectivity index (χ0n) is 8.37. The summed E-state index contributed by atoms with van der Waals surface area (Å²) in [5, 5.41) is 1.70. The van der Waals surface area contributed by atoms with Crippen LogP contribution in [0, 0.1) is 0 Å². The van der Waals surface area contributed by atoms with E-state index >= 15 is 0 Å². The summed E-state index contributed by atoms with van der Waals surface area (Å²) in [7, 11) is 1.34. The maximum atomic E-state index is 11.1. The molecule has 0 saturated heterocycles. The third-order valence-electron chi connectivity index (χ3n) is 1.95. The Labute approximate surface area is 86.7 Å². The van der Waals surface area contributed by atoms with Gasteiger partial charge in [-0.1, -0.05) is 0 Å². The minimum Gasteiger partial charge on any atom is -0.465 e. The van der Waals surface area contributed by atoms with Crippen LogP contribution in [-0.2, 0) is 14.9 Å². The number of hydrogen-bond acceptors (Lipinski definition) is 4. The van der Waals surface area contributed by atoms with Gasteiger partial charge in [-0.15, -0.1) is 11.3 Å². The predicted molar refractivity (Wildman–Crippen MR) is 54.7 cm³/mol. The Morgan fingerprint density at radius 1 is 1.57 bits per heavy atom. The van der Waals surface area contributed by atoms with Crippen LogP contribution in [-0.4, -0.2) is 19.4 Å². The smallest absolute Gasteiger partial charge is 0.338 e. The van der Waals surface area contributed by atoms with Crippen LogP contribution in [0.1, 0.15) is 29.1 Å². The van der Waals surface area contributed by atoms with Crippen LogP contribution in [0.3, 0.4) is 0 Å². The van der Waals surface area contributed by atoms with Crippen molar-refractivity contribution in [2.45, 2.75) is 19.3 Å². The monoisotopic (exact) mass is 212 g/mol. The van der Waals surface area contributed by atoms with E-state index in [4.69, 9.17) is 0 Å². The molecule has 0 radical (unpaired) electrons. The van der Waals surface area contributed by atoms with E-state index in [2.05, 4.69) is 4.74 Å². The molecule has 76 valence electrons. The average molecular weight is 212 g/mol. The van der Waals surface area contributed by atoms with Crippen molar-refractivity contribution >= 4 is 23.6 Å². The second-order valence-corrected chi connectivity index (χ2v) is 4.44. The van der Waals surface area contributed by atoms with Gasteiger partial charge in [0.25, 0.3) is 0 Å². The van der Waals surface area contributed by atoms with E-state index in [0.29, 0.717) is 5.56 Å². The van der Waals surface area contributed by atoms with E-state index in [1.54, 1.807) is 11.4 Å². The number of ether oxygens (including phenoxy) is 1. The fourth-order valence-electron chi connectivity index (χ4n) is 0.957. The number of thiophene rings is 1. The topological polar surface area (TPSA) is 43.4 Å². The molecule has 0 aliphatic heterocycles. The van der Waals surface area contributed by atoms with Crippen molar-refractivity contribution in [2.75, 3.05) is 7.11 Å². The molecule has 0 atom stereocenters. The molecular weight excluding hydrogens is 200 g/mol. The minimum absolute atomic E-state index is 0.366. The van der Waals surface area contributed by atoms with Crippen LogP contribution in [0.15, 0.2) is 11.4 Å². The van der Waals surface area contributed by atoms with Gasteiger partial charge in [-0.3, -0.25) is 0 Å². The van der Waals surface area contributed by atoms with E-state index < -0.39 is 5.41 Å². The number of hydrogen-bond donors (Lipinski definition) is 0. The maximum Gasteiger partial charge on any atom is 0.338 e. The van der Waals surface area contributed by atoms with E-state index in [1.165, 1.54) is 18.4 Å². The van der Waals surface area contributed by atoms with Gasteiger partial charge in [0.05, 0.1) is 18.1 Å². The van der Waals surface area contributed by atoms with Crippen LogP contribution in [0.5, 0.6) is 0 Å². The van der Waals surface area contributed by atoms with E-state index in [1.807, 2.05) is 13.8 Å². The van der Waals surface area contributed by atoms with Gasteiger partial charge in [0.1, 0.15) is 6.29 Å². The fourth-order valence-corrected chi connectivity index (χ4v) is 1.92. The van der Waals surface area contributed by atoms with Crippen molar-refractivity contribution in [3.63, 3.8) is 0 Å². The lowest BCUT2D eigenvalue weighted by Crippen LogP contribution is -2.16. The highest BCUT2D eigenvalue weighted by Crippen LogP contribution is 2.27. The first-order chi connectivity index (χ1) is 6.51. The molecule has 0 spiro atoms. The van der Waals surface area contributed by atoms with E-state index in [0.717, 1.165) is 11.2 Å². The molecule has 0 aliphatic carbocycles. The van der Waals surface area contributed by atoms with Gasteiger partial charge in [-0.25, -0.2) is 4.79 Å². The summed E-state index contributed by atoms with van der Waals surface area (Å²) in [5.41, 5.74) is -0.0286. The molecule has 0 N–H and O–H groups in total. The zero-order valence-corrected chi connectivity index (χ0v) is 9.18. The molecule has 0 fully saturated rings. The molecule has 1 heterocycles. The van der Waals surface area contributed by atoms with Crippen LogP contribution in [0.2, 0.25) is 0 Å². The number of carbonyl (C=O) groups is 2. The third-order valence-corrected chi connectivity index (χ3v) is 3.22. The first kappa shape index (κ1) is 10.9. The van der Waals surface area contributed by atoms with Crippen LogP contribution in [0.25, 0.3) is 0 Å². The van der Waals surface area contributed by atoms with Crippen molar-refractivity contribution in [2.24, 2.45) is 0 Å². The zero-order chi connectivity index (χ0) is 10.8. The lowest BCUT2D eigenvalue weighted by Gasteiger charge is -2.13. The molecule has 0 amide bonds. The summed E-state index contributed by atoms with van der Waals surface area (Å²) in [6.45, 7) is 3.62. The maximum absolute atomic E-state index is 11.1. The van der Waals surface area contributed by atoms with Crippen molar-refractivity contribution < 1.29 is 14.3 Å². The minimum atomic E-state index is -0.531. The van der Waals surface area contributed by atoms with Gasteiger partial charge < -0.3 is 9.53 Å². The average Bonchev–Trinajstić information content (AvgIpc) is 2.66. The molecular formula is C10H12O3S. The number of methoxy groups -OCH3 is 1.